The van der Waals surface area contributed by atoms with Gasteiger partial charge in [0.15, 0.2) is 0 Å². The number of benzene rings is 7. The van der Waals surface area contributed by atoms with Gasteiger partial charge in [-0.2, -0.15) is 0 Å². The van der Waals surface area contributed by atoms with Gasteiger partial charge in [0.05, 0.1) is 112 Å². The summed E-state index contributed by atoms with van der Waals surface area (Å²) < 4.78 is 27.6. The molecule has 9 rings (SSSR count). The fraction of sp³-hybridized carbons (Fsp3) is 0.400. The van der Waals surface area contributed by atoms with Crippen LogP contribution in [0.25, 0.3) is 0 Å². The topological polar surface area (TPSA) is 280 Å². The van der Waals surface area contributed by atoms with Crippen LogP contribution >= 0.6 is 0 Å². The third-order valence-electron chi connectivity index (χ3n) is 23.2. The second-order valence-electron chi connectivity index (χ2n) is 29.2. The van der Waals surface area contributed by atoms with Gasteiger partial charge in [0.2, 0.25) is 35.4 Å². The summed E-state index contributed by atoms with van der Waals surface area (Å²) in [6.07, 6.45) is 0. The molecule has 24 nitrogen and oxygen atoms in total. The Labute approximate surface area is 668 Å². The Morgan fingerprint density at radius 3 is 0.404 bits per heavy atom. The molecule has 2 aliphatic rings. The number of amides is 6. The molecule has 0 unspecified atom stereocenters. The summed E-state index contributed by atoms with van der Waals surface area (Å²) in [6, 6.07) is 50.6. The van der Waals surface area contributed by atoms with Crippen molar-refractivity contribution in [3.63, 3.8) is 0 Å². The Balaban J connectivity index is 0.000000246. The first-order chi connectivity index (χ1) is 53.9. The molecule has 7 aromatic carbocycles. The minimum atomic E-state index is -1.32. The minimum Gasteiger partial charge on any atom is -0.465 e. The van der Waals surface area contributed by atoms with Crippen LogP contribution < -0.4 is 0 Å². The Kier molecular flexibility index (Phi) is 30.3. The van der Waals surface area contributed by atoms with E-state index in [0.29, 0.717) is 0 Å². The predicted molar refractivity (Wildman–Crippen MR) is 431 cm³/mol. The molecule has 0 N–H and O–H groups in total. The van der Waals surface area contributed by atoms with E-state index in [4.69, 9.17) is 0 Å². The lowest BCUT2D eigenvalue weighted by atomic mass is 9.48. The van der Waals surface area contributed by atoms with Crippen LogP contribution in [-0.2, 0) is 57.2 Å². The average Bonchev–Trinajstić information content (AvgIpc) is 0.718. The van der Waals surface area contributed by atoms with Crippen molar-refractivity contribution in [3.8, 4) is 0 Å². The van der Waals surface area contributed by atoms with Gasteiger partial charge in [0.1, 0.15) is 0 Å². The zero-order valence-corrected chi connectivity index (χ0v) is 69.8. The number of ether oxygens (including phenoxy) is 6. The van der Waals surface area contributed by atoms with Crippen LogP contribution in [0.5, 0.6) is 0 Å². The lowest BCUT2D eigenvalue weighted by Gasteiger charge is -2.61. The molecule has 0 saturated heterocycles. The van der Waals surface area contributed by atoms with Crippen molar-refractivity contribution < 1.29 is 86.0 Å². The van der Waals surface area contributed by atoms with Gasteiger partial charge < -0.3 is 57.8 Å². The first kappa shape index (κ1) is 89.4. The van der Waals surface area contributed by atoms with E-state index in [0.717, 1.165) is 42.7 Å². The SMILES string of the molecule is CC(=O)N(C)C1C(N(C)C(C)=O)C(N(C)C(C)=O)C(N(C)C(C)=O)C(N(C)C(C)=O)C1N(C)C(C)=O.COC(=O)c1c(C(=O)OC)c(C(=O)OC)c(C(=O)OC)c(C(=O)OC)c1C(=O)OC.Cc1ccccc1C1C(c2ccccc2C)C(c2ccccc2C)C(c2ccccc2C)C(c2ccccc2C)C1c1ccccc1C. The smallest absolute Gasteiger partial charge is 0.339 e. The van der Waals surface area contributed by atoms with Crippen molar-refractivity contribution in [3.05, 3.63) is 246 Å². The van der Waals surface area contributed by atoms with E-state index in [1.54, 1.807) is 42.3 Å². The minimum absolute atomic E-state index is 0.239. The summed E-state index contributed by atoms with van der Waals surface area (Å²) >= 11 is 0. The first-order valence-electron chi connectivity index (χ1n) is 37.4. The highest BCUT2D eigenvalue weighted by Gasteiger charge is 2.61. The Morgan fingerprint density at radius 2 is 0.316 bits per heavy atom. The number of carbonyl (C=O) groups is 12. The third kappa shape index (κ3) is 18.0. The zero-order valence-electron chi connectivity index (χ0n) is 69.8. The highest BCUT2D eigenvalue weighted by atomic mass is 16.5. The fourth-order valence-corrected chi connectivity index (χ4v) is 17.2. The number of carbonyl (C=O) groups excluding carboxylic acids is 12. The van der Waals surface area contributed by atoms with Gasteiger partial charge in [-0.1, -0.05) is 146 Å². The fourth-order valence-electron chi connectivity index (χ4n) is 17.2. The van der Waals surface area contributed by atoms with E-state index in [2.05, 4.69) is 216 Å². The highest BCUT2D eigenvalue weighted by Crippen LogP contribution is 2.68. The number of methoxy groups -OCH3 is 6. The van der Waals surface area contributed by atoms with E-state index in [1.807, 2.05) is 0 Å². The van der Waals surface area contributed by atoms with Crippen molar-refractivity contribution >= 4 is 71.3 Å². The Hall–Kier alpha value is -11.8. The summed E-state index contributed by atoms with van der Waals surface area (Å²) in [4.78, 5) is 160. The summed E-state index contributed by atoms with van der Waals surface area (Å²) in [7, 11) is 14.9. The molecule has 114 heavy (non-hydrogen) atoms. The van der Waals surface area contributed by atoms with E-state index in [1.165, 1.54) is 138 Å². The molecule has 0 atom stereocenters. The van der Waals surface area contributed by atoms with Crippen LogP contribution in [0.4, 0.5) is 0 Å². The number of rotatable bonds is 18. The number of aryl methyl sites for hydroxylation is 6. The Morgan fingerprint density at radius 1 is 0.211 bits per heavy atom. The van der Waals surface area contributed by atoms with E-state index >= 15 is 0 Å². The van der Waals surface area contributed by atoms with Gasteiger partial charge in [0.25, 0.3) is 0 Å². The number of esters is 6. The van der Waals surface area contributed by atoms with Crippen LogP contribution in [-0.4, -0.2) is 222 Å². The average molecular weight is 1560 g/mol. The quantitative estimate of drug-likeness (QED) is 0.0570. The maximum Gasteiger partial charge on any atom is 0.339 e. The van der Waals surface area contributed by atoms with Gasteiger partial charge in [-0.05, 0) is 144 Å². The predicted octanol–water partition coefficient (Wildman–Crippen LogP) is 12.0. The molecule has 6 amide bonds. The second-order valence-corrected chi connectivity index (χ2v) is 29.2. The summed E-state index contributed by atoms with van der Waals surface area (Å²) in [5.41, 5.74) is 11.9. The molecular formula is C90H108N6O18. The number of hydrogen-bond acceptors (Lipinski definition) is 18. The standard InChI is InChI=1S/C48H48.C24H42N6O6.C18H18O12/c1-31-19-7-13-25-37(31)43-44(38-26-14-8-20-32(38)2)46(40-28-16-10-22-34(40)4)48(42-30-18-12-24-36(42)6)47(41-29-17-11-23-35(41)5)45(43)39-27-15-9-21-33(39)3;1-13(31)25(7)19-20(26(8)14(2)32)22(28(10)16(4)34)24(30(12)18(6)36)23(29(11)17(5)35)21(19)27(9)15(3)33;1-25-13(19)7-8(14(20)26-2)10(16(22)28-4)12(18(24)30-6)11(17(23)29-5)9(7)15(21)27-3/h7-30,43-48H,1-6H3;19-24H,1-12H3;1-6H3. The maximum absolute atomic E-state index is 12.8. The summed E-state index contributed by atoms with van der Waals surface area (Å²) in [5.74, 6) is -8.41. The molecule has 606 valence electrons. The lowest BCUT2D eigenvalue weighted by Crippen LogP contribution is -2.82. The maximum atomic E-state index is 12.8. The van der Waals surface area contributed by atoms with Gasteiger partial charge in [-0.25, -0.2) is 28.8 Å². The largest absolute Gasteiger partial charge is 0.465 e. The van der Waals surface area contributed by atoms with Gasteiger partial charge in [-0.3, -0.25) is 28.8 Å². The number of likely N-dealkylation sites (N-methyl/N-ethyl adjacent to an activating group) is 6. The van der Waals surface area contributed by atoms with Crippen LogP contribution in [0.1, 0.15) is 206 Å². The Bertz CT molecular complexity index is 3990. The van der Waals surface area contributed by atoms with E-state index < -0.39 is 105 Å². The first-order valence-corrected chi connectivity index (χ1v) is 37.4. The van der Waals surface area contributed by atoms with Crippen molar-refractivity contribution in [1.29, 1.82) is 0 Å². The molecule has 0 spiro atoms. The molecule has 2 saturated carbocycles. The van der Waals surface area contributed by atoms with E-state index in [9.17, 15) is 57.5 Å². The molecule has 7 aromatic rings. The molecule has 0 bridgehead atoms. The van der Waals surface area contributed by atoms with Crippen molar-refractivity contribution in [2.75, 3.05) is 84.9 Å². The van der Waals surface area contributed by atoms with Crippen molar-refractivity contribution in [2.24, 2.45) is 0 Å². The molecule has 2 aliphatic carbocycles. The van der Waals surface area contributed by atoms with Gasteiger partial charge >= 0.3 is 35.8 Å². The van der Waals surface area contributed by atoms with Gasteiger partial charge in [-0.15, -0.1) is 0 Å². The lowest BCUT2D eigenvalue weighted by molar-refractivity contribution is -0.167. The summed E-state index contributed by atoms with van der Waals surface area (Å²) in [5, 5.41) is 0. The zero-order chi connectivity index (χ0) is 84.9. The molecule has 0 aromatic heterocycles. The molecule has 0 aliphatic heterocycles. The monoisotopic (exact) mass is 1560 g/mol. The van der Waals surface area contributed by atoms with Crippen LogP contribution in [0, 0.1) is 41.5 Å². The van der Waals surface area contributed by atoms with E-state index in [-0.39, 0.29) is 71.0 Å². The van der Waals surface area contributed by atoms with Crippen LogP contribution in [0.15, 0.2) is 146 Å². The van der Waals surface area contributed by atoms with Crippen molar-refractivity contribution in [1.82, 2.24) is 29.4 Å². The van der Waals surface area contributed by atoms with Gasteiger partial charge in [0, 0.05) is 83.8 Å². The van der Waals surface area contributed by atoms with Crippen LogP contribution in [0.3, 0.4) is 0 Å². The molecule has 2 fully saturated rings. The highest BCUT2D eigenvalue weighted by molar-refractivity contribution is 6.24. The third-order valence-corrected chi connectivity index (χ3v) is 23.2. The molecular weight excluding hydrogens is 1450 g/mol. The molecule has 0 heterocycles. The van der Waals surface area contributed by atoms with Crippen molar-refractivity contribution in [2.45, 2.75) is 155 Å². The van der Waals surface area contributed by atoms with Crippen LogP contribution in [0.2, 0.25) is 0 Å². The normalized spacial score (nSPS) is 20.0. The number of nitrogens with zero attached hydrogens (tertiary/aromatic N) is 6. The molecule has 24 heteroatoms. The molecule has 0 radical (unpaired) electrons. The number of hydrogen-bond donors (Lipinski definition) is 0. The second kappa shape index (κ2) is 38.6. The summed E-state index contributed by atoms with van der Waals surface area (Å²) in [6.45, 7) is 22.2.